The van der Waals surface area contributed by atoms with Crippen molar-refractivity contribution < 1.29 is 4.79 Å². The largest absolute Gasteiger partial charge is 0.300 e. The molecule has 0 N–H and O–H groups in total. The van der Waals surface area contributed by atoms with E-state index in [0.717, 1.165) is 42.4 Å². The van der Waals surface area contributed by atoms with Crippen molar-refractivity contribution in [3.05, 3.63) is 12.2 Å². The Labute approximate surface area is 123 Å². The molecule has 0 amide bonds. The zero-order valence-electron chi connectivity index (χ0n) is 12.9. The van der Waals surface area contributed by atoms with E-state index in [4.69, 9.17) is 0 Å². The monoisotopic (exact) mass is 272 g/mol. The highest BCUT2D eigenvalue weighted by atomic mass is 16.1. The lowest BCUT2D eigenvalue weighted by molar-refractivity contribution is -0.126. The molecule has 0 aromatic carbocycles. The summed E-state index contributed by atoms with van der Waals surface area (Å²) in [5, 5.41) is 0. The van der Waals surface area contributed by atoms with Crippen molar-refractivity contribution in [1.29, 1.82) is 0 Å². The van der Waals surface area contributed by atoms with Crippen molar-refractivity contribution in [2.45, 2.75) is 64.7 Å². The van der Waals surface area contributed by atoms with Gasteiger partial charge in [-0.15, -0.1) is 0 Å². The summed E-state index contributed by atoms with van der Waals surface area (Å²) in [4.78, 5) is 11.7. The Kier molecular flexibility index (Phi) is 2.91. The Morgan fingerprint density at radius 3 is 2.70 bits per heavy atom. The van der Waals surface area contributed by atoms with Crippen molar-refractivity contribution in [1.82, 2.24) is 0 Å². The van der Waals surface area contributed by atoms with Gasteiger partial charge >= 0.3 is 0 Å². The molecule has 0 radical (unpaired) electrons. The van der Waals surface area contributed by atoms with Gasteiger partial charge in [-0.3, -0.25) is 4.79 Å². The van der Waals surface area contributed by atoms with Crippen molar-refractivity contribution >= 4 is 5.78 Å². The third kappa shape index (κ3) is 1.71. The molecule has 110 valence electrons. The van der Waals surface area contributed by atoms with E-state index >= 15 is 0 Å². The van der Waals surface area contributed by atoms with E-state index in [1.165, 1.54) is 44.9 Å². The molecule has 0 aromatic heterocycles. The molecular weight excluding hydrogens is 244 g/mol. The molecule has 0 bridgehead atoms. The Balaban J connectivity index is 1.59. The number of Topliss-reactive ketones (excluding diaryl/α,β-unsaturated/α-hetero) is 1. The summed E-state index contributed by atoms with van der Waals surface area (Å²) in [5.41, 5.74) is 2.00. The van der Waals surface area contributed by atoms with Crippen LogP contribution in [-0.4, -0.2) is 5.78 Å². The van der Waals surface area contributed by atoms with Crippen LogP contribution in [0.3, 0.4) is 0 Å². The summed E-state index contributed by atoms with van der Waals surface area (Å²) < 4.78 is 0. The highest BCUT2D eigenvalue weighted by Gasteiger charge is 2.54. The fourth-order valence-electron chi connectivity index (χ4n) is 6.57. The van der Waals surface area contributed by atoms with Crippen LogP contribution in [0.2, 0.25) is 0 Å². The SMILES string of the molecule is C=C1CCC2C3CCC4CC(=O)CCC4C3CCC12C. The fourth-order valence-corrected chi connectivity index (χ4v) is 6.57. The molecule has 4 aliphatic carbocycles. The van der Waals surface area contributed by atoms with Crippen LogP contribution in [-0.2, 0) is 4.79 Å². The normalized spacial score (nSPS) is 51.4. The minimum absolute atomic E-state index is 0.457. The zero-order valence-corrected chi connectivity index (χ0v) is 12.9. The smallest absolute Gasteiger partial charge is 0.133 e. The molecule has 6 atom stereocenters. The third-order valence-electron chi connectivity index (χ3n) is 7.72. The van der Waals surface area contributed by atoms with Crippen LogP contribution in [0.5, 0.6) is 0 Å². The number of fused-ring (bicyclic) bond motifs is 5. The van der Waals surface area contributed by atoms with Gasteiger partial charge < -0.3 is 0 Å². The standard InChI is InChI=1S/C19H28O/c1-12-3-8-18-17-6-4-13-11-14(20)5-7-15(13)16(17)9-10-19(12,18)2/h13,15-18H,1,3-11H2,2H3. The maximum absolute atomic E-state index is 11.7. The van der Waals surface area contributed by atoms with Gasteiger partial charge in [0.15, 0.2) is 0 Å². The average Bonchev–Trinajstić information content (AvgIpc) is 2.74. The van der Waals surface area contributed by atoms with Gasteiger partial charge in [-0.25, -0.2) is 0 Å². The lowest BCUT2D eigenvalue weighted by Gasteiger charge is -2.54. The van der Waals surface area contributed by atoms with Gasteiger partial charge in [0.2, 0.25) is 0 Å². The average molecular weight is 272 g/mol. The Bertz CT molecular complexity index is 451. The first-order valence-corrected chi connectivity index (χ1v) is 8.79. The summed E-state index contributed by atoms with van der Waals surface area (Å²) in [6, 6.07) is 0. The minimum atomic E-state index is 0.457. The molecule has 20 heavy (non-hydrogen) atoms. The van der Waals surface area contributed by atoms with Gasteiger partial charge in [-0.05, 0) is 80.0 Å². The third-order valence-corrected chi connectivity index (χ3v) is 7.72. The molecule has 0 aromatic rings. The second-order valence-corrected chi connectivity index (χ2v) is 8.32. The second kappa shape index (κ2) is 4.45. The summed E-state index contributed by atoms with van der Waals surface area (Å²) in [7, 11) is 0. The summed E-state index contributed by atoms with van der Waals surface area (Å²) in [6.45, 7) is 6.89. The van der Waals surface area contributed by atoms with Gasteiger partial charge in [0.25, 0.3) is 0 Å². The molecule has 1 heteroatoms. The van der Waals surface area contributed by atoms with E-state index in [0.29, 0.717) is 11.2 Å². The van der Waals surface area contributed by atoms with Crippen LogP contribution >= 0.6 is 0 Å². The van der Waals surface area contributed by atoms with Crippen LogP contribution in [0.25, 0.3) is 0 Å². The van der Waals surface area contributed by atoms with E-state index < -0.39 is 0 Å². The summed E-state index contributed by atoms with van der Waals surface area (Å²) in [6.07, 6.45) is 11.2. The number of rotatable bonds is 0. The van der Waals surface area contributed by atoms with E-state index in [1.54, 1.807) is 5.57 Å². The van der Waals surface area contributed by atoms with Crippen LogP contribution in [0.1, 0.15) is 64.7 Å². The van der Waals surface area contributed by atoms with Gasteiger partial charge in [-0.1, -0.05) is 19.1 Å². The molecule has 0 spiro atoms. The molecule has 6 unspecified atom stereocenters. The second-order valence-electron chi connectivity index (χ2n) is 8.32. The molecule has 0 heterocycles. The number of ketones is 1. The predicted octanol–water partition coefficient (Wildman–Crippen LogP) is 4.76. The van der Waals surface area contributed by atoms with Crippen LogP contribution in [0, 0.1) is 35.0 Å². The van der Waals surface area contributed by atoms with E-state index in [9.17, 15) is 4.79 Å². The molecule has 4 rings (SSSR count). The van der Waals surface area contributed by atoms with Crippen molar-refractivity contribution in [3.63, 3.8) is 0 Å². The maximum atomic E-state index is 11.7. The number of carbonyl (C=O) groups is 1. The quantitative estimate of drug-likeness (QED) is 0.581. The van der Waals surface area contributed by atoms with Crippen LogP contribution < -0.4 is 0 Å². The molecule has 0 saturated heterocycles. The summed E-state index contributed by atoms with van der Waals surface area (Å²) in [5.74, 6) is 4.96. The molecule has 4 aliphatic rings. The van der Waals surface area contributed by atoms with Gasteiger partial charge in [0, 0.05) is 12.8 Å². The highest BCUT2D eigenvalue weighted by molar-refractivity contribution is 5.79. The summed E-state index contributed by atoms with van der Waals surface area (Å²) >= 11 is 0. The lowest BCUT2D eigenvalue weighted by atomic mass is 9.50. The Morgan fingerprint density at radius 1 is 1.00 bits per heavy atom. The first kappa shape index (κ1) is 13.1. The number of hydrogen-bond acceptors (Lipinski definition) is 1. The van der Waals surface area contributed by atoms with Crippen molar-refractivity contribution in [2.75, 3.05) is 0 Å². The number of carbonyl (C=O) groups excluding carboxylic acids is 1. The number of allylic oxidation sites excluding steroid dienone is 1. The Morgan fingerprint density at radius 2 is 1.85 bits per heavy atom. The maximum Gasteiger partial charge on any atom is 0.133 e. The van der Waals surface area contributed by atoms with E-state index in [-0.39, 0.29) is 0 Å². The van der Waals surface area contributed by atoms with E-state index in [2.05, 4.69) is 13.5 Å². The van der Waals surface area contributed by atoms with E-state index in [1.807, 2.05) is 0 Å². The fraction of sp³-hybridized carbons (Fsp3) is 0.842. The minimum Gasteiger partial charge on any atom is -0.300 e. The molecule has 4 saturated carbocycles. The van der Waals surface area contributed by atoms with Gasteiger partial charge in [-0.2, -0.15) is 0 Å². The van der Waals surface area contributed by atoms with Gasteiger partial charge in [0.1, 0.15) is 5.78 Å². The van der Waals surface area contributed by atoms with Crippen molar-refractivity contribution in [2.24, 2.45) is 35.0 Å². The van der Waals surface area contributed by atoms with Crippen molar-refractivity contribution in [3.8, 4) is 0 Å². The Hall–Kier alpha value is -0.590. The molecule has 4 fully saturated rings. The molecule has 1 nitrogen and oxygen atoms in total. The van der Waals surface area contributed by atoms with Gasteiger partial charge in [0.05, 0.1) is 0 Å². The number of hydrogen-bond donors (Lipinski definition) is 0. The zero-order chi connectivity index (χ0) is 13.9. The first-order valence-electron chi connectivity index (χ1n) is 8.79. The molecular formula is C19H28O. The highest BCUT2D eigenvalue weighted by Crippen LogP contribution is 2.63. The first-order chi connectivity index (χ1) is 9.59. The predicted molar refractivity (Wildman–Crippen MR) is 81.3 cm³/mol. The topological polar surface area (TPSA) is 17.1 Å². The van der Waals surface area contributed by atoms with Crippen LogP contribution in [0.15, 0.2) is 12.2 Å². The molecule has 0 aliphatic heterocycles. The van der Waals surface area contributed by atoms with Crippen LogP contribution in [0.4, 0.5) is 0 Å². The lowest BCUT2D eigenvalue weighted by Crippen LogP contribution is -2.47.